The number of aryl methyl sites for hydroxylation is 1. The Morgan fingerprint density at radius 1 is 1.35 bits per heavy atom. The number of esters is 1. The van der Waals surface area contributed by atoms with Crippen molar-refractivity contribution in [1.82, 2.24) is 9.78 Å². The highest BCUT2D eigenvalue weighted by Gasteiger charge is 2.25. The summed E-state index contributed by atoms with van der Waals surface area (Å²) in [7, 11) is 1.77. The van der Waals surface area contributed by atoms with Gasteiger partial charge in [-0.3, -0.25) is 4.68 Å². The number of halogens is 1. The fraction of sp³-hybridized carbons (Fsp3) is 0.0714. The maximum absolute atomic E-state index is 13.6. The van der Waals surface area contributed by atoms with Crippen molar-refractivity contribution >= 4 is 17.9 Å². The van der Waals surface area contributed by atoms with Crippen LogP contribution in [0.15, 0.2) is 47.3 Å². The van der Waals surface area contributed by atoms with E-state index in [0.717, 1.165) is 5.56 Å². The first kappa shape index (κ1) is 12.3. The molecule has 1 aliphatic rings. The molecule has 0 radical (unpaired) electrons. The molecule has 6 heteroatoms. The van der Waals surface area contributed by atoms with Crippen LogP contribution in [-0.2, 0) is 16.6 Å². The monoisotopic (exact) mass is 271 g/mol. The molecule has 0 amide bonds. The number of hydrogen-bond acceptors (Lipinski definition) is 4. The fourth-order valence-electron chi connectivity index (χ4n) is 1.83. The summed E-state index contributed by atoms with van der Waals surface area (Å²) in [4.78, 5) is 15.8. The number of aromatic nitrogens is 2. The van der Waals surface area contributed by atoms with E-state index in [1.165, 1.54) is 12.1 Å². The van der Waals surface area contributed by atoms with Crippen LogP contribution in [0.5, 0.6) is 0 Å². The predicted octanol–water partition coefficient (Wildman–Crippen LogP) is 1.90. The van der Waals surface area contributed by atoms with Gasteiger partial charge in [-0.15, -0.1) is 0 Å². The molecule has 2 heterocycles. The maximum atomic E-state index is 13.6. The first-order valence-electron chi connectivity index (χ1n) is 5.89. The number of ether oxygens (including phenoxy) is 1. The smallest absolute Gasteiger partial charge is 0.363 e. The van der Waals surface area contributed by atoms with Gasteiger partial charge in [0.1, 0.15) is 5.82 Å². The van der Waals surface area contributed by atoms with Gasteiger partial charge >= 0.3 is 5.97 Å². The maximum Gasteiger partial charge on any atom is 0.363 e. The highest BCUT2D eigenvalue weighted by Crippen LogP contribution is 2.20. The summed E-state index contributed by atoms with van der Waals surface area (Å²) in [5.41, 5.74) is 1.00. The summed E-state index contributed by atoms with van der Waals surface area (Å²) in [5.74, 6) is -1.11. The molecule has 0 atom stereocenters. The molecule has 1 aliphatic heterocycles. The Labute approximate surface area is 114 Å². The van der Waals surface area contributed by atoms with E-state index in [-0.39, 0.29) is 17.2 Å². The Hall–Kier alpha value is -2.76. The van der Waals surface area contributed by atoms with Crippen LogP contribution in [0.1, 0.15) is 11.1 Å². The molecule has 0 unspecified atom stereocenters. The second-order valence-corrected chi connectivity index (χ2v) is 4.26. The van der Waals surface area contributed by atoms with E-state index in [9.17, 15) is 9.18 Å². The molecular weight excluding hydrogens is 261 g/mol. The Balaban J connectivity index is 1.97. The second-order valence-electron chi connectivity index (χ2n) is 4.26. The summed E-state index contributed by atoms with van der Waals surface area (Å²) in [6, 6.07) is 6.00. The molecule has 0 N–H and O–H groups in total. The van der Waals surface area contributed by atoms with Crippen molar-refractivity contribution in [3.8, 4) is 0 Å². The average molecular weight is 271 g/mol. The van der Waals surface area contributed by atoms with Crippen molar-refractivity contribution in [2.75, 3.05) is 0 Å². The molecule has 0 aliphatic carbocycles. The van der Waals surface area contributed by atoms with Gasteiger partial charge in [0, 0.05) is 18.8 Å². The molecule has 0 fully saturated rings. The molecule has 100 valence electrons. The zero-order valence-electron chi connectivity index (χ0n) is 10.6. The third-order valence-electron chi connectivity index (χ3n) is 2.75. The second kappa shape index (κ2) is 4.73. The van der Waals surface area contributed by atoms with Gasteiger partial charge in [0.15, 0.2) is 5.70 Å². The normalized spacial score (nSPS) is 16.4. The molecule has 1 aromatic carbocycles. The Kier molecular flexibility index (Phi) is 2.90. The van der Waals surface area contributed by atoms with E-state index in [1.54, 1.807) is 42.3 Å². The Morgan fingerprint density at radius 2 is 2.15 bits per heavy atom. The minimum atomic E-state index is -0.605. The molecule has 3 rings (SSSR count). The van der Waals surface area contributed by atoms with Gasteiger partial charge in [-0.1, -0.05) is 12.1 Å². The van der Waals surface area contributed by atoms with E-state index in [2.05, 4.69) is 10.1 Å². The Morgan fingerprint density at radius 3 is 2.85 bits per heavy atom. The minimum Gasteiger partial charge on any atom is -0.402 e. The van der Waals surface area contributed by atoms with E-state index in [4.69, 9.17) is 4.74 Å². The van der Waals surface area contributed by atoms with Gasteiger partial charge in [0.25, 0.3) is 0 Å². The molecule has 20 heavy (non-hydrogen) atoms. The van der Waals surface area contributed by atoms with Gasteiger partial charge in [0.05, 0.1) is 11.8 Å². The number of carbonyl (C=O) groups is 1. The lowest BCUT2D eigenvalue weighted by atomic mass is 10.2. The van der Waals surface area contributed by atoms with Crippen molar-refractivity contribution < 1.29 is 13.9 Å². The number of carbonyl (C=O) groups excluding carboxylic acids is 1. The van der Waals surface area contributed by atoms with Crippen molar-refractivity contribution in [2.24, 2.45) is 12.0 Å². The molecular formula is C14H10FN3O2. The van der Waals surface area contributed by atoms with Crippen LogP contribution in [0, 0.1) is 5.82 Å². The molecule has 0 saturated heterocycles. The molecule has 0 bridgehead atoms. The topological polar surface area (TPSA) is 56.5 Å². The van der Waals surface area contributed by atoms with Crippen LogP contribution in [-0.4, -0.2) is 21.6 Å². The molecule has 1 aromatic heterocycles. The largest absolute Gasteiger partial charge is 0.402 e. The zero-order valence-corrected chi connectivity index (χ0v) is 10.6. The first-order chi connectivity index (χ1) is 9.63. The molecule has 0 saturated carbocycles. The van der Waals surface area contributed by atoms with Crippen LogP contribution in [0.25, 0.3) is 6.08 Å². The van der Waals surface area contributed by atoms with E-state index in [1.807, 2.05) is 0 Å². The minimum absolute atomic E-state index is 0.0248. The fourth-order valence-corrected chi connectivity index (χ4v) is 1.83. The van der Waals surface area contributed by atoms with Crippen molar-refractivity contribution in [2.45, 2.75) is 0 Å². The summed E-state index contributed by atoms with van der Waals surface area (Å²) >= 11 is 0. The lowest BCUT2D eigenvalue weighted by Crippen LogP contribution is -2.07. The van der Waals surface area contributed by atoms with Crippen molar-refractivity contribution in [1.29, 1.82) is 0 Å². The van der Waals surface area contributed by atoms with E-state index >= 15 is 0 Å². The number of aliphatic imine (C=N–C) groups is 1. The van der Waals surface area contributed by atoms with Crippen molar-refractivity contribution in [3.63, 3.8) is 0 Å². The number of rotatable bonds is 2. The molecule has 2 aromatic rings. The van der Waals surface area contributed by atoms with Crippen LogP contribution in [0.3, 0.4) is 0 Å². The van der Waals surface area contributed by atoms with Gasteiger partial charge < -0.3 is 4.74 Å². The Bertz CT molecular complexity index is 746. The lowest BCUT2D eigenvalue weighted by molar-refractivity contribution is -0.129. The SMILES string of the molecule is Cn1cc(/C=C2/N=C(c3ccccc3F)OC2=O)cn1. The van der Waals surface area contributed by atoms with Gasteiger partial charge in [-0.05, 0) is 18.2 Å². The summed E-state index contributed by atoms with van der Waals surface area (Å²) in [5, 5.41) is 3.99. The standard InChI is InChI=1S/C14H10FN3O2/c1-18-8-9(7-16-18)6-12-14(19)20-13(17-12)10-4-2-3-5-11(10)15/h2-8H,1H3/b12-6+. The highest BCUT2D eigenvalue weighted by atomic mass is 19.1. The lowest BCUT2D eigenvalue weighted by Gasteiger charge is -1.99. The van der Waals surface area contributed by atoms with Crippen molar-refractivity contribution in [3.05, 3.63) is 59.3 Å². The van der Waals surface area contributed by atoms with Crippen LogP contribution >= 0.6 is 0 Å². The van der Waals surface area contributed by atoms with E-state index in [0.29, 0.717) is 0 Å². The zero-order chi connectivity index (χ0) is 14.1. The van der Waals surface area contributed by atoms with Gasteiger partial charge in [-0.25, -0.2) is 14.2 Å². The highest BCUT2D eigenvalue weighted by molar-refractivity contribution is 6.12. The summed E-state index contributed by atoms with van der Waals surface area (Å²) in [6.07, 6.45) is 4.87. The van der Waals surface area contributed by atoms with Crippen LogP contribution < -0.4 is 0 Å². The quantitative estimate of drug-likeness (QED) is 0.619. The van der Waals surface area contributed by atoms with Gasteiger partial charge in [-0.2, -0.15) is 5.10 Å². The first-order valence-corrected chi connectivity index (χ1v) is 5.89. The number of benzene rings is 1. The van der Waals surface area contributed by atoms with Gasteiger partial charge in [0.2, 0.25) is 5.90 Å². The number of cyclic esters (lactones) is 1. The molecule has 0 spiro atoms. The summed E-state index contributed by atoms with van der Waals surface area (Å²) < 4.78 is 20.2. The third kappa shape index (κ3) is 2.23. The summed E-state index contributed by atoms with van der Waals surface area (Å²) in [6.45, 7) is 0. The van der Waals surface area contributed by atoms with Crippen LogP contribution in [0.4, 0.5) is 4.39 Å². The van der Waals surface area contributed by atoms with Crippen LogP contribution in [0.2, 0.25) is 0 Å². The average Bonchev–Trinajstić information content (AvgIpc) is 2.98. The van der Waals surface area contributed by atoms with E-state index < -0.39 is 11.8 Å². The molecule has 5 nitrogen and oxygen atoms in total. The predicted molar refractivity (Wildman–Crippen MR) is 70.2 cm³/mol. The third-order valence-corrected chi connectivity index (χ3v) is 2.75. The number of hydrogen-bond donors (Lipinski definition) is 0. The number of nitrogens with zero attached hydrogens (tertiary/aromatic N) is 3.